The van der Waals surface area contributed by atoms with Crippen LogP contribution in [0.3, 0.4) is 0 Å². The summed E-state index contributed by atoms with van der Waals surface area (Å²) in [4.78, 5) is 0. The van der Waals surface area contributed by atoms with Crippen LogP contribution in [0.15, 0.2) is 41.8 Å². The van der Waals surface area contributed by atoms with Gasteiger partial charge in [0.05, 0.1) is 5.41 Å². The van der Waals surface area contributed by atoms with Crippen LogP contribution in [0.25, 0.3) is 0 Å². The van der Waals surface area contributed by atoms with Crippen LogP contribution in [0.2, 0.25) is 0 Å². The minimum atomic E-state index is -9.36. The lowest BCUT2D eigenvalue weighted by Gasteiger charge is -2.36. The molecule has 0 amide bonds. The normalized spacial score (nSPS) is 17.2. The maximum Gasteiger partial charge on any atom is 0.304 e. The van der Waals surface area contributed by atoms with Gasteiger partial charge in [0.25, 0.3) is 0 Å². The molecule has 0 bridgehead atoms. The number of benzene rings is 1. The SMILES string of the molecule is CC(CCCCCCC=CS(F)(F)(F)(F)F)c1ccccc1. The summed E-state index contributed by atoms with van der Waals surface area (Å²) in [6.07, 6.45) is 4.76. The van der Waals surface area contributed by atoms with Crippen molar-refractivity contribution >= 4 is 10.2 Å². The number of rotatable bonds is 9. The molecule has 1 rings (SSSR count). The third kappa shape index (κ3) is 9.82. The number of unbranched alkanes of at least 4 members (excludes halogenated alkanes) is 4. The lowest BCUT2D eigenvalue weighted by molar-refractivity contribution is 0.384. The van der Waals surface area contributed by atoms with Gasteiger partial charge in [-0.25, -0.2) is 0 Å². The minimum absolute atomic E-state index is 0.0415. The standard InChI is InChI=1S/C16H23F5S/c1-15(16-12-8-6-9-13-16)11-7-4-2-3-5-10-14-22(17,18,19,20)21/h6,8-10,12-15H,2-5,7,11H2,1H3. The van der Waals surface area contributed by atoms with Crippen molar-refractivity contribution in [3.8, 4) is 0 Å². The average Bonchev–Trinajstić information content (AvgIpc) is 2.40. The Labute approximate surface area is 129 Å². The van der Waals surface area contributed by atoms with Gasteiger partial charge in [-0.1, -0.05) is 82.0 Å². The van der Waals surface area contributed by atoms with Crippen molar-refractivity contribution in [2.24, 2.45) is 0 Å². The first-order chi connectivity index (χ1) is 9.97. The van der Waals surface area contributed by atoms with Crippen molar-refractivity contribution in [2.45, 2.75) is 51.4 Å². The summed E-state index contributed by atoms with van der Waals surface area (Å²) in [6, 6.07) is 10.1. The highest BCUT2D eigenvalue weighted by Gasteiger charge is 2.60. The van der Waals surface area contributed by atoms with Crippen LogP contribution >= 0.6 is 10.2 Å². The Balaban J connectivity index is 2.13. The molecule has 0 radical (unpaired) electrons. The van der Waals surface area contributed by atoms with E-state index in [1.807, 2.05) is 18.2 Å². The molecule has 0 aliphatic heterocycles. The van der Waals surface area contributed by atoms with Crippen LogP contribution in [0.1, 0.15) is 56.9 Å². The second-order valence-corrected chi connectivity index (χ2v) is 8.03. The van der Waals surface area contributed by atoms with Gasteiger partial charge in [-0.3, -0.25) is 0 Å². The molecule has 0 nitrogen and oxygen atoms in total. The van der Waals surface area contributed by atoms with Gasteiger partial charge in [-0.05, 0) is 30.7 Å². The predicted octanol–water partition coefficient (Wildman–Crippen LogP) is 7.94. The molecule has 1 aromatic rings. The van der Waals surface area contributed by atoms with Gasteiger partial charge >= 0.3 is 10.2 Å². The maximum absolute atomic E-state index is 12.0. The molecular formula is C16H23F5S. The van der Waals surface area contributed by atoms with Crippen LogP contribution in [-0.4, -0.2) is 0 Å². The van der Waals surface area contributed by atoms with E-state index < -0.39 is 15.6 Å². The molecule has 0 saturated carbocycles. The fourth-order valence-corrected chi connectivity index (χ4v) is 2.76. The summed E-state index contributed by atoms with van der Waals surface area (Å²) in [6.45, 7) is 2.15. The maximum atomic E-state index is 12.0. The Kier molecular flexibility index (Phi) is 5.71. The molecule has 1 atom stereocenters. The number of allylic oxidation sites excluding steroid dienone is 1. The molecule has 0 saturated heterocycles. The number of halogens is 5. The highest BCUT2D eigenvalue weighted by Crippen LogP contribution is 2.98. The van der Waals surface area contributed by atoms with Gasteiger partial charge < -0.3 is 0 Å². The molecule has 6 heteroatoms. The zero-order valence-corrected chi connectivity index (χ0v) is 13.5. The average molecular weight is 342 g/mol. The van der Waals surface area contributed by atoms with Gasteiger partial charge in [-0.15, -0.1) is 0 Å². The molecule has 0 spiro atoms. The van der Waals surface area contributed by atoms with E-state index in [9.17, 15) is 19.4 Å². The topological polar surface area (TPSA) is 0 Å². The van der Waals surface area contributed by atoms with Crippen molar-refractivity contribution in [2.75, 3.05) is 0 Å². The van der Waals surface area contributed by atoms with Crippen LogP contribution in [0.5, 0.6) is 0 Å². The third-order valence-electron chi connectivity index (χ3n) is 3.48. The van der Waals surface area contributed by atoms with Crippen LogP contribution in [0.4, 0.5) is 19.4 Å². The fourth-order valence-electron chi connectivity index (χ4n) is 2.26. The van der Waals surface area contributed by atoms with E-state index in [0.29, 0.717) is 18.4 Å². The van der Waals surface area contributed by atoms with E-state index >= 15 is 0 Å². The quantitative estimate of drug-likeness (QED) is 0.315. The van der Waals surface area contributed by atoms with E-state index in [-0.39, 0.29) is 6.42 Å². The van der Waals surface area contributed by atoms with E-state index in [1.54, 1.807) is 0 Å². The Morgan fingerprint density at radius 2 is 1.50 bits per heavy atom. The van der Waals surface area contributed by atoms with E-state index in [1.165, 1.54) is 5.56 Å². The minimum Gasteiger partial charge on any atom is -0.0942 e. The first-order valence-corrected chi connectivity index (χ1v) is 9.45. The van der Waals surface area contributed by atoms with Crippen LogP contribution in [-0.2, 0) is 0 Å². The number of hydrogen-bond acceptors (Lipinski definition) is 0. The highest BCUT2D eigenvalue weighted by molar-refractivity contribution is 8.48. The Morgan fingerprint density at radius 1 is 0.909 bits per heavy atom. The molecule has 0 heterocycles. The van der Waals surface area contributed by atoms with Crippen LogP contribution < -0.4 is 0 Å². The first-order valence-electron chi connectivity index (χ1n) is 7.43. The molecule has 0 aliphatic carbocycles. The van der Waals surface area contributed by atoms with Crippen molar-refractivity contribution in [3.05, 3.63) is 47.4 Å². The lowest BCUT2D eigenvalue weighted by Crippen LogP contribution is -1.98. The fraction of sp³-hybridized carbons (Fsp3) is 0.500. The van der Waals surface area contributed by atoms with Gasteiger partial charge in [0.15, 0.2) is 0 Å². The summed E-state index contributed by atoms with van der Waals surface area (Å²) in [5.74, 6) is 0.453. The Morgan fingerprint density at radius 3 is 2.09 bits per heavy atom. The summed E-state index contributed by atoms with van der Waals surface area (Å²) in [5, 5.41) is -0.836. The molecule has 128 valence electrons. The van der Waals surface area contributed by atoms with E-state index in [2.05, 4.69) is 19.1 Å². The Bertz CT molecular complexity index is 478. The highest BCUT2D eigenvalue weighted by atomic mass is 32.5. The largest absolute Gasteiger partial charge is 0.304 e. The second-order valence-electron chi connectivity index (χ2n) is 5.70. The molecule has 0 aliphatic rings. The number of hydrogen-bond donors (Lipinski definition) is 0. The summed E-state index contributed by atoms with van der Waals surface area (Å²) < 4.78 is 60.0. The molecule has 0 fully saturated rings. The first kappa shape index (κ1) is 19.0. The molecule has 1 aromatic carbocycles. The summed E-state index contributed by atoms with van der Waals surface area (Å²) in [7, 11) is -9.36. The Hall–Kier alpha value is -1.04. The lowest BCUT2D eigenvalue weighted by atomic mass is 9.95. The smallest absolute Gasteiger partial charge is 0.0942 e. The summed E-state index contributed by atoms with van der Waals surface area (Å²) >= 11 is 0. The third-order valence-corrected chi connectivity index (χ3v) is 4.19. The van der Waals surface area contributed by atoms with Crippen molar-refractivity contribution in [3.63, 3.8) is 0 Å². The van der Waals surface area contributed by atoms with Crippen molar-refractivity contribution in [1.82, 2.24) is 0 Å². The van der Waals surface area contributed by atoms with Crippen molar-refractivity contribution < 1.29 is 19.4 Å². The molecule has 0 aromatic heterocycles. The van der Waals surface area contributed by atoms with E-state index in [0.717, 1.165) is 25.7 Å². The molecule has 1 unspecified atom stereocenters. The van der Waals surface area contributed by atoms with E-state index in [4.69, 9.17) is 0 Å². The molecular weight excluding hydrogens is 319 g/mol. The summed E-state index contributed by atoms with van der Waals surface area (Å²) in [5.41, 5.74) is 1.28. The van der Waals surface area contributed by atoms with Gasteiger partial charge in [0, 0.05) is 0 Å². The van der Waals surface area contributed by atoms with Crippen molar-refractivity contribution in [1.29, 1.82) is 0 Å². The zero-order chi connectivity index (χ0) is 16.8. The zero-order valence-electron chi connectivity index (χ0n) is 12.7. The predicted molar refractivity (Wildman–Crippen MR) is 84.8 cm³/mol. The van der Waals surface area contributed by atoms with Gasteiger partial charge in [-0.2, -0.15) is 0 Å². The molecule has 0 N–H and O–H groups in total. The second kappa shape index (κ2) is 6.60. The molecule has 22 heavy (non-hydrogen) atoms. The van der Waals surface area contributed by atoms with Gasteiger partial charge in [0.1, 0.15) is 0 Å². The monoisotopic (exact) mass is 342 g/mol. The van der Waals surface area contributed by atoms with Gasteiger partial charge in [0.2, 0.25) is 0 Å². The van der Waals surface area contributed by atoms with Crippen LogP contribution in [0, 0.1) is 0 Å².